The molecule has 0 aliphatic carbocycles. The van der Waals surface area contributed by atoms with Crippen LogP contribution in [0.15, 0.2) is 60.7 Å². The molecule has 9 heteroatoms. The second-order valence-electron chi connectivity index (χ2n) is 6.56. The molecule has 2 aliphatic rings. The quantitative estimate of drug-likeness (QED) is 0.666. The molecule has 2 aromatic rings. The Balaban J connectivity index is 1.34. The Morgan fingerprint density at radius 3 is 1.48 bits per heavy atom. The van der Waals surface area contributed by atoms with Crippen molar-refractivity contribution >= 4 is 69.6 Å². The molecular weight excluding hydrogens is 424 g/mol. The molecule has 4 rings (SSSR count). The van der Waals surface area contributed by atoms with E-state index in [2.05, 4.69) is 10.6 Å². The van der Waals surface area contributed by atoms with Crippen LogP contribution in [0.4, 0.5) is 11.4 Å². The number of anilines is 2. The van der Waals surface area contributed by atoms with Crippen LogP contribution in [-0.2, 0) is 9.59 Å². The number of thioether (sulfide) groups is 1. The van der Waals surface area contributed by atoms with E-state index in [1.54, 1.807) is 0 Å². The summed E-state index contributed by atoms with van der Waals surface area (Å²) in [7, 11) is 0. The van der Waals surface area contributed by atoms with E-state index in [4.69, 9.17) is 24.4 Å². The van der Waals surface area contributed by atoms with Gasteiger partial charge in [0.25, 0.3) is 11.8 Å². The van der Waals surface area contributed by atoms with Gasteiger partial charge in [-0.3, -0.25) is 19.4 Å². The molecule has 29 heavy (non-hydrogen) atoms. The first-order valence-electron chi connectivity index (χ1n) is 9.03. The normalized spacial score (nSPS) is 21.5. The molecule has 148 valence electrons. The first-order valence-corrected chi connectivity index (χ1v) is 11.0. The Bertz CT molecular complexity index is 877. The van der Waals surface area contributed by atoms with Gasteiger partial charge in [-0.1, -0.05) is 36.4 Å². The summed E-state index contributed by atoms with van der Waals surface area (Å²) >= 11 is 12.2. The van der Waals surface area contributed by atoms with Crippen LogP contribution in [0.3, 0.4) is 0 Å². The Morgan fingerprint density at radius 1 is 0.724 bits per heavy atom. The molecule has 0 aromatic heterocycles. The smallest absolute Gasteiger partial charge is 0.256 e. The minimum Gasteiger partial charge on any atom is -0.349 e. The molecule has 0 spiro atoms. The van der Waals surface area contributed by atoms with E-state index in [9.17, 15) is 9.59 Å². The zero-order valence-corrected chi connectivity index (χ0v) is 17.7. The molecule has 2 heterocycles. The fourth-order valence-electron chi connectivity index (χ4n) is 3.24. The number of nitrogens with zero attached hydrogens (tertiary/aromatic N) is 2. The zero-order chi connectivity index (χ0) is 20.4. The number of para-hydroxylation sites is 2. The summed E-state index contributed by atoms with van der Waals surface area (Å²) in [6.07, 6.45) is 0. The van der Waals surface area contributed by atoms with Crippen molar-refractivity contribution in [3.63, 3.8) is 0 Å². The molecule has 2 atom stereocenters. The Labute approximate surface area is 183 Å². The van der Waals surface area contributed by atoms with Crippen molar-refractivity contribution in [2.45, 2.75) is 12.1 Å². The van der Waals surface area contributed by atoms with Crippen molar-refractivity contribution < 1.29 is 9.59 Å². The lowest BCUT2D eigenvalue weighted by Gasteiger charge is -2.15. The van der Waals surface area contributed by atoms with Crippen LogP contribution in [-0.4, -0.2) is 45.6 Å². The van der Waals surface area contributed by atoms with Crippen LogP contribution in [0, 0.1) is 0 Å². The second-order valence-corrected chi connectivity index (χ2v) is 8.41. The maximum absolute atomic E-state index is 12.7. The number of nitrogens with one attached hydrogen (secondary N) is 2. The van der Waals surface area contributed by atoms with Gasteiger partial charge in [-0.05, 0) is 48.7 Å². The van der Waals surface area contributed by atoms with Gasteiger partial charge in [-0.15, -0.1) is 0 Å². The molecule has 2 aromatic carbocycles. The predicted molar refractivity (Wildman–Crippen MR) is 124 cm³/mol. The number of hydrogen-bond acceptors (Lipinski definition) is 5. The molecule has 2 amide bonds. The van der Waals surface area contributed by atoms with E-state index >= 15 is 0 Å². The molecule has 0 bridgehead atoms. The summed E-state index contributed by atoms with van der Waals surface area (Å²) in [5, 5.41) is 6.96. The number of hydrogen-bond donors (Lipinski definition) is 2. The van der Waals surface area contributed by atoms with E-state index in [1.807, 2.05) is 60.7 Å². The van der Waals surface area contributed by atoms with Gasteiger partial charge in [0.2, 0.25) is 0 Å². The summed E-state index contributed by atoms with van der Waals surface area (Å²) in [4.78, 5) is 28.5. The highest BCUT2D eigenvalue weighted by Crippen LogP contribution is 2.23. The SMILES string of the molecule is O=C1C(CSCC2NC(=S)N(c3ccccc3)C2=O)NC(=S)N1c1ccccc1. The van der Waals surface area contributed by atoms with E-state index < -0.39 is 12.1 Å². The van der Waals surface area contributed by atoms with Gasteiger partial charge in [0.1, 0.15) is 12.1 Å². The molecule has 2 unspecified atom stereocenters. The number of amides is 2. The molecule has 2 fully saturated rings. The van der Waals surface area contributed by atoms with Crippen molar-refractivity contribution in [1.82, 2.24) is 10.6 Å². The third-order valence-corrected chi connectivity index (χ3v) is 6.38. The molecule has 0 saturated carbocycles. The number of carbonyl (C=O) groups is 2. The van der Waals surface area contributed by atoms with E-state index in [0.717, 1.165) is 11.4 Å². The van der Waals surface area contributed by atoms with Crippen LogP contribution < -0.4 is 20.4 Å². The van der Waals surface area contributed by atoms with Gasteiger partial charge in [-0.2, -0.15) is 11.8 Å². The van der Waals surface area contributed by atoms with Crippen LogP contribution in [0.25, 0.3) is 0 Å². The lowest BCUT2D eigenvalue weighted by atomic mass is 10.2. The maximum Gasteiger partial charge on any atom is 0.256 e. The monoisotopic (exact) mass is 442 g/mol. The highest BCUT2D eigenvalue weighted by atomic mass is 32.2. The number of rotatable bonds is 6. The summed E-state index contributed by atoms with van der Waals surface area (Å²) in [5.74, 6) is 0.847. The van der Waals surface area contributed by atoms with Crippen LogP contribution in [0.5, 0.6) is 0 Å². The number of carbonyl (C=O) groups excluding carboxylic acids is 2. The summed E-state index contributed by atoms with van der Waals surface area (Å²) in [6, 6.07) is 17.8. The van der Waals surface area contributed by atoms with E-state index in [0.29, 0.717) is 21.7 Å². The third-order valence-electron chi connectivity index (χ3n) is 4.64. The van der Waals surface area contributed by atoms with Crippen LogP contribution >= 0.6 is 36.2 Å². The van der Waals surface area contributed by atoms with Gasteiger partial charge in [0.15, 0.2) is 10.2 Å². The minimum absolute atomic E-state index is 0.0826. The lowest BCUT2D eigenvalue weighted by Crippen LogP contribution is -2.35. The summed E-state index contributed by atoms with van der Waals surface area (Å²) < 4.78 is 0. The fourth-order valence-corrected chi connectivity index (χ4v) is 4.97. The average Bonchev–Trinajstić information content (AvgIpc) is 3.17. The molecule has 2 saturated heterocycles. The van der Waals surface area contributed by atoms with Gasteiger partial charge < -0.3 is 10.6 Å². The first-order chi connectivity index (χ1) is 14.1. The Morgan fingerprint density at radius 2 is 1.10 bits per heavy atom. The van der Waals surface area contributed by atoms with Crippen molar-refractivity contribution in [2.75, 3.05) is 21.3 Å². The second kappa shape index (κ2) is 8.48. The molecule has 6 nitrogen and oxygen atoms in total. The highest BCUT2D eigenvalue weighted by Gasteiger charge is 2.38. The third kappa shape index (κ3) is 3.98. The molecule has 2 aliphatic heterocycles. The first kappa shape index (κ1) is 19.8. The summed E-state index contributed by atoms with van der Waals surface area (Å²) in [5.41, 5.74) is 1.50. The molecule has 2 N–H and O–H groups in total. The molecular formula is C20H18N4O2S3. The van der Waals surface area contributed by atoms with Crippen molar-refractivity contribution in [3.8, 4) is 0 Å². The lowest BCUT2D eigenvalue weighted by molar-refractivity contribution is -0.118. The highest BCUT2D eigenvalue weighted by molar-refractivity contribution is 7.99. The standard InChI is InChI=1S/C20H18N4O2S3/c25-17-15(21-19(27)23(17)13-7-3-1-4-8-13)11-29-12-16-18(26)24(20(28)22-16)14-9-5-2-6-10-14/h1-10,15-16H,11-12H2,(H,21,27)(H,22,28). The fraction of sp³-hybridized carbons (Fsp3) is 0.200. The minimum atomic E-state index is -0.415. The van der Waals surface area contributed by atoms with Crippen LogP contribution in [0.2, 0.25) is 0 Å². The molecule has 0 radical (unpaired) electrons. The average molecular weight is 443 g/mol. The van der Waals surface area contributed by atoms with Gasteiger partial charge in [0.05, 0.1) is 11.4 Å². The summed E-state index contributed by atoms with van der Waals surface area (Å²) in [6.45, 7) is 0. The van der Waals surface area contributed by atoms with Crippen LogP contribution in [0.1, 0.15) is 0 Å². The van der Waals surface area contributed by atoms with Crippen molar-refractivity contribution in [3.05, 3.63) is 60.7 Å². The number of benzene rings is 2. The van der Waals surface area contributed by atoms with Crippen molar-refractivity contribution in [1.29, 1.82) is 0 Å². The predicted octanol–water partition coefficient (Wildman–Crippen LogP) is 2.30. The van der Waals surface area contributed by atoms with Gasteiger partial charge in [-0.25, -0.2) is 0 Å². The van der Waals surface area contributed by atoms with Gasteiger partial charge in [0, 0.05) is 11.5 Å². The maximum atomic E-state index is 12.7. The Kier molecular flexibility index (Phi) is 5.79. The number of thiocarbonyl (C=S) groups is 2. The van der Waals surface area contributed by atoms with Gasteiger partial charge >= 0.3 is 0 Å². The van der Waals surface area contributed by atoms with E-state index in [1.165, 1.54) is 21.6 Å². The van der Waals surface area contributed by atoms with E-state index in [-0.39, 0.29) is 11.8 Å². The topological polar surface area (TPSA) is 64.7 Å². The largest absolute Gasteiger partial charge is 0.349 e. The Hall–Kier alpha value is -2.49. The van der Waals surface area contributed by atoms with Crippen molar-refractivity contribution in [2.24, 2.45) is 0 Å². The zero-order valence-electron chi connectivity index (χ0n) is 15.3.